The largest absolute Gasteiger partial charge is 0.395 e. The fourth-order valence-electron chi connectivity index (χ4n) is 1.86. The van der Waals surface area contributed by atoms with Crippen molar-refractivity contribution in [3.63, 3.8) is 0 Å². The lowest BCUT2D eigenvalue weighted by atomic mass is 9.75. The van der Waals surface area contributed by atoms with Crippen LogP contribution in [0.3, 0.4) is 0 Å². The Morgan fingerprint density at radius 1 is 1.38 bits per heavy atom. The zero-order chi connectivity index (χ0) is 10.1. The van der Waals surface area contributed by atoms with Crippen LogP contribution in [0.25, 0.3) is 0 Å². The maximum absolute atomic E-state index is 9.11. The topological polar surface area (TPSA) is 23.5 Å². The summed E-state index contributed by atoms with van der Waals surface area (Å²) in [6.45, 7) is 11.7. The van der Waals surface area contributed by atoms with E-state index in [0.717, 1.165) is 12.3 Å². The van der Waals surface area contributed by atoms with Crippen molar-refractivity contribution in [3.05, 3.63) is 0 Å². The fourth-order valence-corrected chi connectivity index (χ4v) is 1.86. The summed E-state index contributed by atoms with van der Waals surface area (Å²) in [4.78, 5) is 2.40. The van der Waals surface area contributed by atoms with Crippen LogP contribution in [0.5, 0.6) is 0 Å². The van der Waals surface area contributed by atoms with Gasteiger partial charge in [-0.2, -0.15) is 0 Å². The predicted octanol–water partition coefficient (Wildman–Crippen LogP) is 1.74. The number of rotatable bonds is 3. The summed E-state index contributed by atoms with van der Waals surface area (Å²) in [6.07, 6.45) is 1.06. The Balaban J connectivity index is 2.32. The smallest absolute Gasteiger partial charge is 0.0586 e. The molecule has 0 aromatic rings. The van der Waals surface area contributed by atoms with Crippen molar-refractivity contribution in [2.45, 2.75) is 40.2 Å². The third-order valence-corrected chi connectivity index (χ3v) is 3.33. The highest BCUT2D eigenvalue weighted by Gasteiger charge is 2.37. The van der Waals surface area contributed by atoms with Crippen LogP contribution < -0.4 is 0 Å². The normalized spacial score (nSPS) is 22.8. The van der Waals surface area contributed by atoms with Gasteiger partial charge in [-0.25, -0.2) is 0 Å². The lowest BCUT2D eigenvalue weighted by molar-refractivity contribution is -0.0243. The van der Waals surface area contributed by atoms with E-state index in [4.69, 9.17) is 5.11 Å². The molecule has 1 saturated heterocycles. The van der Waals surface area contributed by atoms with Crippen LogP contribution in [0, 0.1) is 11.3 Å². The van der Waals surface area contributed by atoms with E-state index in [1.807, 2.05) is 0 Å². The van der Waals surface area contributed by atoms with Crippen LogP contribution in [0.15, 0.2) is 0 Å². The average Bonchev–Trinajstić information content (AvgIpc) is 1.92. The van der Waals surface area contributed by atoms with Crippen molar-refractivity contribution >= 4 is 0 Å². The first kappa shape index (κ1) is 11.0. The molecule has 0 aromatic heterocycles. The van der Waals surface area contributed by atoms with E-state index in [9.17, 15) is 0 Å². The molecule has 0 saturated carbocycles. The van der Waals surface area contributed by atoms with E-state index in [0.29, 0.717) is 18.1 Å². The van der Waals surface area contributed by atoms with Gasteiger partial charge < -0.3 is 5.11 Å². The highest BCUT2D eigenvalue weighted by molar-refractivity contribution is 4.90. The molecule has 1 aliphatic rings. The van der Waals surface area contributed by atoms with Gasteiger partial charge in [-0.3, -0.25) is 4.90 Å². The molecule has 1 rings (SSSR count). The second kappa shape index (κ2) is 3.97. The summed E-state index contributed by atoms with van der Waals surface area (Å²) in [5.41, 5.74) is 0.435. The number of likely N-dealkylation sites (tertiary alicyclic amines) is 1. The second-order valence-electron chi connectivity index (χ2n) is 5.26. The standard InChI is InChI=1S/C11H23NO/c1-5-10(8-13)12-6-9(7-12)11(2,3)4/h9-10,13H,5-8H2,1-4H3. The van der Waals surface area contributed by atoms with E-state index >= 15 is 0 Å². The lowest BCUT2D eigenvalue weighted by Crippen LogP contribution is -2.56. The Bertz CT molecular complexity index is 152. The van der Waals surface area contributed by atoms with Crippen LogP contribution in [-0.4, -0.2) is 35.7 Å². The summed E-state index contributed by atoms with van der Waals surface area (Å²) in [6, 6.07) is 0.401. The first-order valence-corrected chi connectivity index (χ1v) is 5.34. The van der Waals surface area contributed by atoms with Gasteiger partial charge in [0.1, 0.15) is 0 Å². The predicted molar refractivity (Wildman–Crippen MR) is 55.7 cm³/mol. The van der Waals surface area contributed by atoms with Crippen molar-refractivity contribution in [2.24, 2.45) is 11.3 Å². The van der Waals surface area contributed by atoms with E-state index in [2.05, 4.69) is 32.6 Å². The molecule has 1 fully saturated rings. The van der Waals surface area contributed by atoms with Gasteiger partial charge in [0.15, 0.2) is 0 Å². The third kappa shape index (κ3) is 2.44. The molecule has 1 unspecified atom stereocenters. The molecule has 1 aliphatic heterocycles. The zero-order valence-corrected chi connectivity index (χ0v) is 9.38. The Hall–Kier alpha value is -0.0800. The molecule has 2 nitrogen and oxygen atoms in total. The lowest BCUT2D eigenvalue weighted by Gasteiger charge is -2.49. The number of aliphatic hydroxyl groups excluding tert-OH is 1. The Labute approximate surface area is 81.9 Å². The minimum absolute atomic E-state index is 0.313. The number of aliphatic hydroxyl groups is 1. The molecule has 0 aromatic carbocycles. The summed E-state index contributed by atoms with van der Waals surface area (Å²) in [5, 5.41) is 9.11. The summed E-state index contributed by atoms with van der Waals surface area (Å²) in [7, 11) is 0. The number of hydrogen-bond donors (Lipinski definition) is 1. The Kier molecular flexibility index (Phi) is 3.36. The number of nitrogens with zero attached hydrogens (tertiary/aromatic N) is 1. The molecule has 0 spiro atoms. The van der Waals surface area contributed by atoms with E-state index < -0.39 is 0 Å². The van der Waals surface area contributed by atoms with E-state index in [-0.39, 0.29) is 0 Å². The van der Waals surface area contributed by atoms with Crippen LogP contribution in [0.4, 0.5) is 0 Å². The van der Waals surface area contributed by atoms with Gasteiger partial charge >= 0.3 is 0 Å². The molecule has 0 amide bonds. The van der Waals surface area contributed by atoms with Crippen molar-refractivity contribution in [3.8, 4) is 0 Å². The monoisotopic (exact) mass is 185 g/mol. The highest BCUT2D eigenvalue weighted by Crippen LogP contribution is 2.34. The van der Waals surface area contributed by atoms with Crippen LogP contribution >= 0.6 is 0 Å². The van der Waals surface area contributed by atoms with Gasteiger partial charge in [0.2, 0.25) is 0 Å². The highest BCUT2D eigenvalue weighted by atomic mass is 16.3. The minimum atomic E-state index is 0.313. The molecule has 1 heterocycles. The number of hydrogen-bond acceptors (Lipinski definition) is 2. The third-order valence-electron chi connectivity index (χ3n) is 3.33. The molecule has 0 bridgehead atoms. The SMILES string of the molecule is CCC(CO)N1CC(C(C)(C)C)C1. The quantitative estimate of drug-likeness (QED) is 0.724. The molecule has 78 valence electrons. The summed E-state index contributed by atoms with van der Waals surface area (Å²) >= 11 is 0. The molecule has 13 heavy (non-hydrogen) atoms. The summed E-state index contributed by atoms with van der Waals surface area (Å²) in [5.74, 6) is 0.813. The zero-order valence-electron chi connectivity index (χ0n) is 9.38. The van der Waals surface area contributed by atoms with Gasteiger partial charge in [0.05, 0.1) is 6.61 Å². The van der Waals surface area contributed by atoms with Crippen LogP contribution in [0.1, 0.15) is 34.1 Å². The first-order valence-electron chi connectivity index (χ1n) is 5.34. The molecular weight excluding hydrogens is 162 g/mol. The van der Waals surface area contributed by atoms with Crippen LogP contribution in [-0.2, 0) is 0 Å². The molecule has 1 atom stereocenters. The minimum Gasteiger partial charge on any atom is -0.395 e. The van der Waals surface area contributed by atoms with Gasteiger partial charge in [-0.1, -0.05) is 27.7 Å². The van der Waals surface area contributed by atoms with Gasteiger partial charge in [0, 0.05) is 19.1 Å². The van der Waals surface area contributed by atoms with E-state index in [1.165, 1.54) is 13.1 Å². The molecule has 2 heteroatoms. The molecule has 0 aliphatic carbocycles. The van der Waals surface area contributed by atoms with Crippen LogP contribution in [0.2, 0.25) is 0 Å². The maximum Gasteiger partial charge on any atom is 0.0586 e. The van der Waals surface area contributed by atoms with Crippen molar-refractivity contribution in [1.29, 1.82) is 0 Å². The first-order chi connectivity index (χ1) is 5.99. The van der Waals surface area contributed by atoms with E-state index in [1.54, 1.807) is 0 Å². The fraction of sp³-hybridized carbons (Fsp3) is 1.00. The molecule has 0 radical (unpaired) electrons. The summed E-state index contributed by atoms with van der Waals surface area (Å²) < 4.78 is 0. The Morgan fingerprint density at radius 3 is 2.23 bits per heavy atom. The maximum atomic E-state index is 9.11. The molecular formula is C11H23NO. The van der Waals surface area contributed by atoms with Crippen molar-refractivity contribution in [2.75, 3.05) is 19.7 Å². The second-order valence-corrected chi connectivity index (χ2v) is 5.26. The molecule has 1 N–H and O–H groups in total. The Morgan fingerprint density at radius 2 is 1.92 bits per heavy atom. The van der Waals surface area contributed by atoms with Gasteiger partial charge in [-0.05, 0) is 17.8 Å². The van der Waals surface area contributed by atoms with Gasteiger partial charge in [0.25, 0.3) is 0 Å². The van der Waals surface area contributed by atoms with Crippen molar-refractivity contribution in [1.82, 2.24) is 4.90 Å². The average molecular weight is 185 g/mol. The van der Waals surface area contributed by atoms with Crippen molar-refractivity contribution < 1.29 is 5.11 Å². The van der Waals surface area contributed by atoms with Gasteiger partial charge in [-0.15, -0.1) is 0 Å².